The van der Waals surface area contributed by atoms with Gasteiger partial charge in [0.1, 0.15) is 0 Å². The van der Waals surface area contributed by atoms with E-state index in [1.54, 1.807) is 0 Å². The number of aromatic nitrogens is 1. The summed E-state index contributed by atoms with van der Waals surface area (Å²) in [7, 11) is 0. The third-order valence-electron chi connectivity index (χ3n) is 4.59. The molecule has 0 spiro atoms. The Morgan fingerprint density at radius 1 is 1.50 bits per heavy atom. The van der Waals surface area contributed by atoms with Crippen LogP contribution in [0.2, 0.25) is 0 Å². The summed E-state index contributed by atoms with van der Waals surface area (Å²) in [4.78, 5) is 18.9. The van der Waals surface area contributed by atoms with E-state index in [4.69, 9.17) is 5.11 Å². The SMILES string of the molecule is CC(CCCO)NC(=O)NC1CCN(Cc2ccccn2)CC1C. The molecule has 2 heterocycles. The van der Waals surface area contributed by atoms with Crippen molar-refractivity contribution in [2.75, 3.05) is 19.7 Å². The molecule has 1 aliphatic rings. The van der Waals surface area contributed by atoms with Crippen LogP contribution in [0.1, 0.15) is 38.8 Å². The van der Waals surface area contributed by atoms with Crippen molar-refractivity contribution in [2.24, 2.45) is 5.92 Å². The molecule has 1 aromatic rings. The van der Waals surface area contributed by atoms with Crippen LogP contribution < -0.4 is 10.6 Å². The fourth-order valence-electron chi connectivity index (χ4n) is 3.21. The quantitative estimate of drug-likeness (QED) is 0.710. The molecule has 0 aliphatic carbocycles. The van der Waals surface area contributed by atoms with Crippen LogP contribution in [0.5, 0.6) is 0 Å². The molecule has 1 saturated heterocycles. The summed E-state index contributed by atoms with van der Waals surface area (Å²) in [6, 6.07) is 6.18. The van der Waals surface area contributed by atoms with E-state index in [-0.39, 0.29) is 24.7 Å². The number of hydrogen-bond acceptors (Lipinski definition) is 4. The van der Waals surface area contributed by atoms with Crippen molar-refractivity contribution >= 4 is 6.03 Å². The van der Waals surface area contributed by atoms with E-state index in [2.05, 4.69) is 33.5 Å². The summed E-state index contributed by atoms with van der Waals surface area (Å²) >= 11 is 0. The van der Waals surface area contributed by atoms with E-state index in [0.717, 1.165) is 38.2 Å². The van der Waals surface area contributed by atoms with Crippen LogP contribution >= 0.6 is 0 Å². The van der Waals surface area contributed by atoms with Gasteiger partial charge >= 0.3 is 6.03 Å². The van der Waals surface area contributed by atoms with Crippen molar-refractivity contribution in [2.45, 2.75) is 51.7 Å². The van der Waals surface area contributed by atoms with Gasteiger partial charge in [-0.15, -0.1) is 0 Å². The molecule has 134 valence electrons. The number of carbonyl (C=O) groups is 1. The third kappa shape index (κ3) is 6.09. The Bertz CT molecular complexity index is 497. The van der Waals surface area contributed by atoms with E-state index in [1.807, 2.05) is 25.3 Å². The molecule has 24 heavy (non-hydrogen) atoms. The minimum Gasteiger partial charge on any atom is -0.396 e. The first-order valence-corrected chi connectivity index (χ1v) is 8.88. The first-order valence-electron chi connectivity index (χ1n) is 8.88. The number of piperidine rings is 1. The first kappa shape index (κ1) is 18.7. The van der Waals surface area contributed by atoms with Crippen LogP contribution in [-0.4, -0.2) is 52.8 Å². The van der Waals surface area contributed by atoms with Crippen LogP contribution in [0.3, 0.4) is 0 Å². The zero-order valence-corrected chi connectivity index (χ0v) is 14.7. The highest BCUT2D eigenvalue weighted by Crippen LogP contribution is 2.18. The van der Waals surface area contributed by atoms with Crippen molar-refractivity contribution in [3.05, 3.63) is 30.1 Å². The number of urea groups is 1. The van der Waals surface area contributed by atoms with Crippen LogP contribution in [-0.2, 0) is 6.54 Å². The van der Waals surface area contributed by atoms with Gasteiger partial charge in [-0.05, 0) is 44.2 Å². The second-order valence-corrected chi connectivity index (χ2v) is 6.81. The van der Waals surface area contributed by atoms with Crippen molar-refractivity contribution in [3.8, 4) is 0 Å². The number of hydrogen-bond donors (Lipinski definition) is 3. The second-order valence-electron chi connectivity index (χ2n) is 6.81. The van der Waals surface area contributed by atoms with Crippen molar-refractivity contribution in [1.29, 1.82) is 0 Å². The lowest BCUT2D eigenvalue weighted by Crippen LogP contribution is -2.53. The molecule has 1 aromatic heterocycles. The molecule has 6 nitrogen and oxygen atoms in total. The van der Waals surface area contributed by atoms with Gasteiger partial charge in [0.25, 0.3) is 0 Å². The number of nitrogens with one attached hydrogen (secondary N) is 2. The average molecular weight is 334 g/mol. The number of rotatable bonds is 7. The molecule has 0 saturated carbocycles. The average Bonchev–Trinajstić information content (AvgIpc) is 2.56. The maximum absolute atomic E-state index is 12.1. The van der Waals surface area contributed by atoms with Gasteiger partial charge in [-0.2, -0.15) is 0 Å². The smallest absolute Gasteiger partial charge is 0.315 e. The fraction of sp³-hybridized carbons (Fsp3) is 0.667. The topological polar surface area (TPSA) is 77.5 Å². The van der Waals surface area contributed by atoms with Crippen molar-refractivity contribution in [1.82, 2.24) is 20.5 Å². The molecule has 0 radical (unpaired) electrons. The Morgan fingerprint density at radius 3 is 3.00 bits per heavy atom. The minimum absolute atomic E-state index is 0.0803. The van der Waals surface area contributed by atoms with Gasteiger partial charge in [-0.25, -0.2) is 4.79 Å². The van der Waals surface area contributed by atoms with Crippen LogP contribution in [0.15, 0.2) is 24.4 Å². The number of likely N-dealkylation sites (tertiary alicyclic amines) is 1. The standard InChI is InChI=1S/C18H30N4O2/c1-14-12-22(13-16-7-3-4-9-19-16)10-8-17(14)21-18(24)20-15(2)6-5-11-23/h3-4,7,9,14-15,17,23H,5-6,8,10-13H2,1-2H3,(H2,20,21,24). The number of carbonyl (C=O) groups excluding carboxylic acids is 1. The number of amides is 2. The van der Waals surface area contributed by atoms with E-state index < -0.39 is 0 Å². The molecule has 2 rings (SSSR count). The predicted octanol–water partition coefficient (Wildman–Crippen LogP) is 1.75. The molecule has 6 heteroatoms. The predicted molar refractivity (Wildman–Crippen MR) is 94.5 cm³/mol. The number of pyridine rings is 1. The second kappa shape index (κ2) is 9.59. The molecule has 3 unspecified atom stereocenters. The summed E-state index contributed by atoms with van der Waals surface area (Å²) in [5.41, 5.74) is 1.09. The Morgan fingerprint density at radius 2 is 2.33 bits per heavy atom. The summed E-state index contributed by atoms with van der Waals surface area (Å²) in [5.74, 6) is 0.404. The summed E-state index contributed by atoms with van der Waals surface area (Å²) < 4.78 is 0. The summed E-state index contributed by atoms with van der Waals surface area (Å²) in [6.45, 7) is 7.11. The monoisotopic (exact) mass is 334 g/mol. The summed E-state index contributed by atoms with van der Waals surface area (Å²) in [6.07, 6.45) is 4.29. The molecular formula is C18H30N4O2. The molecule has 3 N–H and O–H groups in total. The lowest BCUT2D eigenvalue weighted by atomic mass is 9.94. The highest BCUT2D eigenvalue weighted by molar-refractivity contribution is 5.74. The Hall–Kier alpha value is -1.66. The van der Waals surface area contributed by atoms with Gasteiger partial charge in [0, 0.05) is 44.5 Å². The molecule has 1 fully saturated rings. The highest BCUT2D eigenvalue weighted by Gasteiger charge is 2.27. The number of aliphatic hydroxyl groups is 1. The maximum atomic E-state index is 12.1. The van der Waals surface area contributed by atoms with Crippen molar-refractivity contribution < 1.29 is 9.90 Å². The van der Waals surface area contributed by atoms with Gasteiger partial charge in [-0.3, -0.25) is 9.88 Å². The Labute approximate surface area is 144 Å². The highest BCUT2D eigenvalue weighted by atomic mass is 16.3. The summed E-state index contributed by atoms with van der Waals surface area (Å²) in [5, 5.41) is 14.9. The van der Waals surface area contributed by atoms with E-state index in [9.17, 15) is 4.79 Å². The molecule has 0 aromatic carbocycles. The molecule has 2 amide bonds. The third-order valence-corrected chi connectivity index (χ3v) is 4.59. The van der Waals surface area contributed by atoms with Gasteiger partial charge in [-0.1, -0.05) is 13.0 Å². The number of aliphatic hydroxyl groups excluding tert-OH is 1. The normalized spacial score (nSPS) is 22.8. The van der Waals surface area contributed by atoms with Gasteiger partial charge in [0.15, 0.2) is 0 Å². The Kier molecular flexibility index (Phi) is 7.46. The van der Waals surface area contributed by atoms with Crippen LogP contribution in [0.4, 0.5) is 4.79 Å². The fourth-order valence-corrected chi connectivity index (χ4v) is 3.21. The Balaban J connectivity index is 1.73. The zero-order chi connectivity index (χ0) is 17.4. The maximum Gasteiger partial charge on any atom is 0.315 e. The number of nitrogens with zero attached hydrogens (tertiary/aromatic N) is 2. The van der Waals surface area contributed by atoms with E-state index in [1.165, 1.54) is 0 Å². The van der Waals surface area contributed by atoms with Crippen LogP contribution in [0, 0.1) is 5.92 Å². The minimum atomic E-state index is -0.101. The lowest BCUT2D eigenvalue weighted by Gasteiger charge is -2.37. The van der Waals surface area contributed by atoms with Crippen molar-refractivity contribution in [3.63, 3.8) is 0 Å². The largest absolute Gasteiger partial charge is 0.396 e. The first-order chi connectivity index (χ1) is 11.6. The van der Waals surface area contributed by atoms with E-state index in [0.29, 0.717) is 12.3 Å². The van der Waals surface area contributed by atoms with Gasteiger partial charge in [0.2, 0.25) is 0 Å². The van der Waals surface area contributed by atoms with Crippen LogP contribution in [0.25, 0.3) is 0 Å². The molecular weight excluding hydrogens is 304 g/mol. The van der Waals surface area contributed by atoms with Gasteiger partial charge in [0.05, 0.1) is 5.69 Å². The molecule has 1 aliphatic heterocycles. The van der Waals surface area contributed by atoms with E-state index >= 15 is 0 Å². The molecule has 0 bridgehead atoms. The zero-order valence-electron chi connectivity index (χ0n) is 14.7. The lowest BCUT2D eigenvalue weighted by molar-refractivity contribution is 0.140. The molecule has 3 atom stereocenters. The van der Waals surface area contributed by atoms with Gasteiger partial charge < -0.3 is 15.7 Å².